The first kappa shape index (κ1) is 28.3. The molecule has 1 aromatic carbocycles. The van der Waals surface area contributed by atoms with E-state index in [0.29, 0.717) is 11.4 Å². The van der Waals surface area contributed by atoms with Crippen LogP contribution in [0.4, 0.5) is 11.4 Å². The maximum atomic E-state index is 12.3. The number of aliphatic carboxylic acids is 4. The van der Waals surface area contributed by atoms with Gasteiger partial charge in [0.2, 0.25) is 5.91 Å². The predicted octanol–water partition coefficient (Wildman–Crippen LogP) is -1.55. The van der Waals surface area contributed by atoms with Crippen molar-refractivity contribution in [1.29, 1.82) is 0 Å². The molecule has 0 spiro atoms. The molecule has 14 nitrogen and oxygen atoms in total. The fraction of sp³-hybridized carbons (Fsp3) is 0.450. The number of nitrogens with one attached hydrogen (secondary N) is 1. The van der Waals surface area contributed by atoms with Crippen LogP contribution in [-0.2, 0) is 24.0 Å². The van der Waals surface area contributed by atoms with E-state index in [4.69, 9.17) is 26.2 Å². The Bertz CT molecular complexity index is 846. The van der Waals surface area contributed by atoms with Crippen LogP contribution in [0.25, 0.3) is 0 Å². The highest BCUT2D eigenvalue weighted by Crippen LogP contribution is 2.10. The van der Waals surface area contributed by atoms with Crippen molar-refractivity contribution < 1.29 is 44.4 Å². The molecule has 0 fully saturated rings. The van der Waals surface area contributed by atoms with Gasteiger partial charge in [0.1, 0.15) is 0 Å². The number of carboxylic acids is 4. The van der Waals surface area contributed by atoms with Gasteiger partial charge in [-0.05, 0) is 24.3 Å². The molecule has 1 aromatic rings. The Morgan fingerprint density at radius 1 is 0.618 bits per heavy atom. The van der Waals surface area contributed by atoms with E-state index in [1.807, 2.05) is 0 Å². The van der Waals surface area contributed by atoms with Gasteiger partial charge in [-0.2, -0.15) is 0 Å². The molecule has 0 saturated heterocycles. The summed E-state index contributed by atoms with van der Waals surface area (Å²) in [7, 11) is 0. The fourth-order valence-electron chi connectivity index (χ4n) is 3.00. The summed E-state index contributed by atoms with van der Waals surface area (Å²) in [5.41, 5.74) is 6.57. The Labute approximate surface area is 195 Å². The molecule has 14 heteroatoms. The minimum atomic E-state index is -1.23. The summed E-state index contributed by atoms with van der Waals surface area (Å²) in [6, 6.07) is 6.35. The molecule has 0 unspecified atom stereocenters. The normalized spacial score (nSPS) is 11.0. The summed E-state index contributed by atoms with van der Waals surface area (Å²) in [6.45, 7) is -2.22. The van der Waals surface area contributed by atoms with Crippen LogP contribution in [0.1, 0.15) is 0 Å². The third kappa shape index (κ3) is 12.9. The SMILES string of the molecule is Nc1ccc(NC(=O)CN(CCN(CCN(CC(=O)O)CC(=O)O)CC(=O)O)CC(=O)O)cc1. The molecule has 7 N–H and O–H groups in total. The smallest absolute Gasteiger partial charge is 0.317 e. The van der Waals surface area contributed by atoms with Gasteiger partial charge < -0.3 is 31.5 Å². The summed E-state index contributed by atoms with van der Waals surface area (Å²) in [5, 5.41) is 38.8. The lowest BCUT2D eigenvalue weighted by atomic mass is 10.3. The highest BCUT2D eigenvalue weighted by Gasteiger charge is 2.19. The van der Waals surface area contributed by atoms with E-state index >= 15 is 0 Å². The minimum absolute atomic E-state index is 0.0193. The summed E-state index contributed by atoms with van der Waals surface area (Å²) < 4.78 is 0. The second-order valence-corrected chi connectivity index (χ2v) is 7.44. The minimum Gasteiger partial charge on any atom is -0.480 e. The van der Waals surface area contributed by atoms with Crippen molar-refractivity contribution in [2.45, 2.75) is 0 Å². The van der Waals surface area contributed by atoms with Crippen LogP contribution in [0.15, 0.2) is 24.3 Å². The zero-order valence-corrected chi connectivity index (χ0v) is 18.4. The number of benzene rings is 1. The van der Waals surface area contributed by atoms with Crippen molar-refractivity contribution in [3.63, 3.8) is 0 Å². The van der Waals surface area contributed by atoms with Crippen molar-refractivity contribution in [3.8, 4) is 0 Å². The third-order valence-corrected chi connectivity index (χ3v) is 4.46. The fourth-order valence-corrected chi connectivity index (χ4v) is 3.00. The maximum absolute atomic E-state index is 12.3. The van der Waals surface area contributed by atoms with Gasteiger partial charge in [-0.15, -0.1) is 0 Å². The summed E-state index contributed by atoms with van der Waals surface area (Å²) in [4.78, 5) is 60.5. The zero-order valence-electron chi connectivity index (χ0n) is 18.4. The number of hydrogen-bond acceptors (Lipinski definition) is 9. The van der Waals surface area contributed by atoms with Crippen LogP contribution in [0.5, 0.6) is 0 Å². The van der Waals surface area contributed by atoms with E-state index < -0.39 is 56.0 Å². The number of nitrogen functional groups attached to an aromatic ring is 1. The van der Waals surface area contributed by atoms with Crippen LogP contribution in [0.2, 0.25) is 0 Å². The first-order chi connectivity index (χ1) is 15.9. The van der Waals surface area contributed by atoms with Gasteiger partial charge in [-0.1, -0.05) is 0 Å². The summed E-state index contributed by atoms with van der Waals surface area (Å²) >= 11 is 0. The van der Waals surface area contributed by atoms with Crippen LogP contribution in [0.3, 0.4) is 0 Å². The van der Waals surface area contributed by atoms with Gasteiger partial charge in [-0.3, -0.25) is 38.7 Å². The topological polar surface area (TPSA) is 214 Å². The molecular weight excluding hydrogens is 454 g/mol. The maximum Gasteiger partial charge on any atom is 0.317 e. The summed E-state index contributed by atoms with van der Waals surface area (Å²) in [5.74, 6) is -5.30. The molecule has 0 heterocycles. The highest BCUT2D eigenvalue weighted by molar-refractivity contribution is 5.92. The Kier molecular flexibility index (Phi) is 12.0. The van der Waals surface area contributed by atoms with E-state index in [1.165, 1.54) is 9.80 Å². The predicted molar refractivity (Wildman–Crippen MR) is 119 cm³/mol. The van der Waals surface area contributed by atoms with Crippen molar-refractivity contribution >= 4 is 41.2 Å². The molecule has 0 bridgehead atoms. The van der Waals surface area contributed by atoms with Crippen molar-refractivity contribution in [1.82, 2.24) is 14.7 Å². The number of amides is 1. The molecule has 0 saturated carbocycles. The molecule has 1 amide bonds. The van der Waals surface area contributed by atoms with Crippen LogP contribution < -0.4 is 11.1 Å². The second kappa shape index (κ2) is 14.4. The van der Waals surface area contributed by atoms with Crippen LogP contribution in [-0.4, -0.2) is 124 Å². The van der Waals surface area contributed by atoms with E-state index in [2.05, 4.69) is 5.32 Å². The molecule has 188 valence electrons. The average molecular weight is 483 g/mol. The van der Waals surface area contributed by atoms with Crippen LogP contribution in [0, 0.1) is 0 Å². The van der Waals surface area contributed by atoms with E-state index in [0.717, 1.165) is 4.90 Å². The monoisotopic (exact) mass is 483 g/mol. The quantitative estimate of drug-likeness (QED) is 0.139. The lowest BCUT2D eigenvalue weighted by molar-refractivity contribution is -0.143. The van der Waals surface area contributed by atoms with Crippen molar-refractivity contribution in [2.75, 3.05) is 70.0 Å². The van der Waals surface area contributed by atoms with Crippen LogP contribution >= 0.6 is 0 Å². The molecule has 34 heavy (non-hydrogen) atoms. The summed E-state index contributed by atoms with van der Waals surface area (Å²) in [6.07, 6.45) is 0. The first-order valence-electron chi connectivity index (χ1n) is 10.1. The number of carbonyl (C=O) groups excluding carboxylic acids is 1. The van der Waals surface area contributed by atoms with Gasteiger partial charge in [0, 0.05) is 37.6 Å². The second-order valence-electron chi connectivity index (χ2n) is 7.44. The number of anilines is 2. The Morgan fingerprint density at radius 3 is 1.38 bits per heavy atom. The number of hydrogen-bond donors (Lipinski definition) is 6. The Balaban J connectivity index is 2.74. The molecule has 0 aliphatic heterocycles. The lowest BCUT2D eigenvalue weighted by Gasteiger charge is -2.27. The molecule has 0 aromatic heterocycles. The number of nitrogens with zero attached hydrogens (tertiary/aromatic N) is 3. The van der Waals surface area contributed by atoms with Gasteiger partial charge in [0.15, 0.2) is 0 Å². The molecule has 0 radical (unpaired) electrons. The third-order valence-electron chi connectivity index (χ3n) is 4.46. The van der Waals surface area contributed by atoms with Crippen molar-refractivity contribution in [2.24, 2.45) is 0 Å². The van der Waals surface area contributed by atoms with E-state index in [-0.39, 0.29) is 32.7 Å². The van der Waals surface area contributed by atoms with Gasteiger partial charge in [0.25, 0.3) is 0 Å². The molecule has 0 atom stereocenters. The number of rotatable bonds is 17. The van der Waals surface area contributed by atoms with Crippen molar-refractivity contribution in [3.05, 3.63) is 24.3 Å². The average Bonchev–Trinajstić information content (AvgIpc) is 2.69. The standard InChI is InChI=1S/C20H29N5O9/c21-14-1-3-15(4-2-14)22-16(26)9-24(11-18(29)30)7-5-23(10-17(27)28)6-8-25(12-19(31)32)13-20(33)34/h1-4H,5-13,21H2,(H,22,26)(H,27,28)(H,29,30)(H,31,32)(H,33,34). The van der Waals surface area contributed by atoms with Gasteiger partial charge >= 0.3 is 23.9 Å². The Hall–Kier alpha value is -3.75. The first-order valence-corrected chi connectivity index (χ1v) is 10.1. The van der Waals surface area contributed by atoms with E-state index in [1.54, 1.807) is 24.3 Å². The van der Waals surface area contributed by atoms with Gasteiger partial charge in [0.05, 0.1) is 32.7 Å². The number of carbonyl (C=O) groups is 5. The zero-order chi connectivity index (χ0) is 25.7. The molecule has 1 rings (SSSR count). The van der Waals surface area contributed by atoms with E-state index in [9.17, 15) is 24.0 Å². The molecule has 0 aliphatic rings. The highest BCUT2D eigenvalue weighted by atomic mass is 16.4. The van der Waals surface area contributed by atoms with Gasteiger partial charge in [-0.25, -0.2) is 0 Å². The number of nitrogens with two attached hydrogens (primary N) is 1. The lowest BCUT2D eigenvalue weighted by Crippen LogP contribution is -2.46. The largest absolute Gasteiger partial charge is 0.480 e. The Morgan fingerprint density at radius 2 is 0.971 bits per heavy atom. The molecule has 0 aliphatic carbocycles. The molecular formula is C20H29N5O9. The number of carboxylic acid groups (broad SMARTS) is 4.